The van der Waals surface area contributed by atoms with Gasteiger partial charge in [0.25, 0.3) is 0 Å². The normalized spacial score (nSPS) is 20.5. The van der Waals surface area contributed by atoms with Crippen molar-refractivity contribution in [2.45, 2.75) is 39.7 Å². The first-order valence-electron chi connectivity index (χ1n) is 8.69. The van der Waals surface area contributed by atoms with Crippen LogP contribution in [0.2, 0.25) is 0 Å². The van der Waals surface area contributed by atoms with Crippen LogP contribution in [0.5, 0.6) is 5.75 Å². The van der Waals surface area contributed by atoms with E-state index in [1.165, 1.54) is 0 Å². The van der Waals surface area contributed by atoms with Crippen molar-refractivity contribution in [2.75, 3.05) is 20.2 Å². The summed E-state index contributed by atoms with van der Waals surface area (Å²) in [6.45, 7) is 5.76. The average molecular weight is 332 g/mol. The molecule has 0 unspecified atom stereocenters. The van der Waals surface area contributed by atoms with Gasteiger partial charge in [0.15, 0.2) is 0 Å². The van der Waals surface area contributed by atoms with Gasteiger partial charge in [0.2, 0.25) is 11.8 Å². The summed E-state index contributed by atoms with van der Waals surface area (Å²) in [4.78, 5) is 25.8. The quantitative estimate of drug-likeness (QED) is 0.871. The summed E-state index contributed by atoms with van der Waals surface area (Å²) in [6.07, 6.45) is 2.42. The molecule has 1 aliphatic heterocycles. The van der Waals surface area contributed by atoms with Gasteiger partial charge in [-0.05, 0) is 24.3 Å². The van der Waals surface area contributed by atoms with E-state index >= 15 is 0 Å². The molecule has 0 radical (unpaired) electrons. The van der Waals surface area contributed by atoms with E-state index < -0.39 is 0 Å². The zero-order chi connectivity index (χ0) is 17.5. The minimum Gasteiger partial charge on any atom is -0.496 e. The Balaban J connectivity index is 1.86. The number of ether oxygens (including phenoxy) is 1. The van der Waals surface area contributed by atoms with Gasteiger partial charge in [-0.1, -0.05) is 31.5 Å². The van der Waals surface area contributed by atoms with Crippen molar-refractivity contribution in [1.29, 1.82) is 0 Å². The van der Waals surface area contributed by atoms with E-state index in [0.717, 1.165) is 37.2 Å². The van der Waals surface area contributed by atoms with Gasteiger partial charge in [-0.2, -0.15) is 0 Å². The molecule has 1 aromatic carbocycles. The molecule has 24 heavy (non-hydrogen) atoms. The zero-order valence-corrected chi connectivity index (χ0v) is 14.9. The fourth-order valence-electron chi connectivity index (χ4n) is 3.45. The number of carbonyl (C=O) groups excluding carboxylic acids is 2. The third-order valence-corrected chi connectivity index (χ3v) is 4.98. The van der Waals surface area contributed by atoms with E-state index in [1.807, 2.05) is 29.2 Å². The van der Waals surface area contributed by atoms with Crippen molar-refractivity contribution in [3.05, 3.63) is 29.8 Å². The minimum atomic E-state index is 0.0700. The van der Waals surface area contributed by atoms with Crippen LogP contribution in [-0.4, -0.2) is 36.9 Å². The lowest BCUT2D eigenvalue weighted by atomic mass is 9.81. The van der Waals surface area contributed by atoms with Gasteiger partial charge in [-0.15, -0.1) is 0 Å². The Kier molecular flexibility index (Phi) is 6.64. The molecule has 2 amide bonds. The molecular weight excluding hydrogens is 304 g/mol. The van der Waals surface area contributed by atoms with E-state index in [-0.39, 0.29) is 11.8 Å². The predicted octanol–water partition coefficient (Wildman–Crippen LogP) is 2.60. The first-order chi connectivity index (χ1) is 11.5. The van der Waals surface area contributed by atoms with Gasteiger partial charge in [0.05, 0.1) is 7.11 Å². The van der Waals surface area contributed by atoms with Crippen LogP contribution in [0.25, 0.3) is 0 Å². The molecule has 1 N–H and O–H groups in total. The zero-order valence-electron chi connectivity index (χ0n) is 14.9. The number of carbonyl (C=O) groups is 2. The lowest BCUT2D eigenvalue weighted by Crippen LogP contribution is -2.43. The standard InChI is InChI=1S/C19H28N2O3/c1-4-15-13-21(14(2)22)10-9-16(15)11-19(23)20-12-17-7-5-6-8-18(17)24-3/h5-8,15-16H,4,9-13H2,1-3H3,(H,20,23)/t15-,16-/m0/s1. The number of piperidine rings is 1. The molecule has 0 spiro atoms. The monoisotopic (exact) mass is 332 g/mol. The van der Waals surface area contributed by atoms with Crippen molar-refractivity contribution in [3.63, 3.8) is 0 Å². The molecule has 1 fully saturated rings. The molecular formula is C19H28N2O3. The third kappa shape index (κ3) is 4.73. The van der Waals surface area contributed by atoms with E-state index in [4.69, 9.17) is 4.74 Å². The second kappa shape index (κ2) is 8.71. The topological polar surface area (TPSA) is 58.6 Å². The highest BCUT2D eigenvalue weighted by Crippen LogP contribution is 2.29. The molecule has 2 rings (SSSR count). The van der Waals surface area contributed by atoms with Crippen molar-refractivity contribution in [1.82, 2.24) is 10.2 Å². The Morgan fingerprint density at radius 2 is 2.04 bits per heavy atom. The molecule has 1 aliphatic rings. The molecule has 1 saturated heterocycles. The van der Waals surface area contributed by atoms with Crippen molar-refractivity contribution < 1.29 is 14.3 Å². The molecule has 0 aromatic heterocycles. The van der Waals surface area contributed by atoms with Gasteiger partial charge in [0.1, 0.15) is 5.75 Å². The van der Waals surface area contributed by atoms with Crippen molar-refractivity contribution >= 4 is 11.8 Å². The summed E-state index contributed by atoms with van der Waals surface area (Å²) in [6, 6.07) is 7.71. The predicted molar refractivity (Wildman–Crippen MR) is 93.6 cm³/mol. The van der Waals surface area contributed by atoms with E-state index in [9.17, 15) is 9.59 Å². The van der Waals surface area contributed by atoms with Crippen LogP contribution in [-0.2, 0) is 16.1 Å². The second-order valence-electron chi connectivity index (χ2n) is 6.47. The molecule has 0 bridgehead atoms. The molecule has 2 atom stereocenters. The van der Waals surface area contributed by atoms with E-state index in [0.29, 0.717) is 24.8 Å². The Morgan fingerprint density at radius 3 is 2.71 bits per heavy atom. The maximum atomic E-state index is 12.3. The van der Waals surface area contributed by atoms with Gasteiger partial charge in [0, 0.05) is 38.5 Å². The highest BCUT2D eigenvalue weighted by atomic mass is 16.5. The van der Waals surface area contributed by atoms with Gasteiger partial charge in [-0.3, -0.25) is 9.59 Å². The number of likely N-dealkylation sites (tertiary alicyclic amines) is 1. The first kappa shape index (κ1) is 18.3. The van der Waals surface area contributed by atoms with Crippen LogP contribution in [0.1, 0.15) is 38.7 Å². The molecule has 132 valence electrons. The summed E-state index contributed by atoms with van der Waals surface area (Å²) < 4.78 is 5.31. The number of benzene rings is 1. The third-order valence-electron chi connectivity index (χ3n) is 4.98. The van der Waals surface area contributed by atoms with E-state index in [2.05, 4.69) is 12.2 Å². The number of amides is 2. The minimum absolute atomic E-state index is 0.0700. The Morgan fingerprint density at radius 1 is 1.29 bits per heavy atom. The molecule has 1 aromatic rings. The Labute approximate surface area is 144 Å². The molecule has 1 heterocycles. The lowest BCUT2D eigenvalue weighted by Gasteiger charge is -2.37. The Hall–Kier alpha value is -2.04. The van der Waals surface area contributed by atoms with Crippen LogP contribution in [0.15, 0.2) is 24.3 Å². The number of nitrogens with one attached hydrogen (secondary N) is 1. The molecule has 0 aliphatic carbocycles. The maximum absolute atomic E-state index is 12.3. The summed E-state index contributed by atoms with van der Waals surface area (Å²) in [5, 5.41) is 3.00. The van der Waals surface area contributed by atoms with Crippen LogP contribution < -0.4 is 10.1 Å². The average Bonchev–Trinajstić information content (AvgIpc) is 2.60. The highest BCUT2D eigenvalue weighted by Gasteiger charge is 2.30. The van der Waals surface area contributed by atoms with Crippen LogP contribution in [0.3, 0.4) is 0 Å². The SMILES string of the molecule is CC[C@H]1CN(C(C)=O)CC[C@H]1CC(=O)NCc1ccccc1OC. The summed E-state index contributed by atoms with van der Waals surface area (Å²) in [5.41, 5.74) is 0.979. The summed E-state index contributed by atoms with van der Waals surface area (Å²) in [5.74, 6) is 1.75. The summed E-state index contributed by atoms with van der Waals surface area (Å²) in [7, 11) is 1.63. The van der Waals surface area contributed by atoms with Crippen molar-refractivity contribution in [3.8, 4) is 5.75 Å². The number of hydrogen-bond donors (Lipinski definition) is 1. The Bertz CT molecular complexity index is 573. The lowest BCUT2D eigenvalue weighted by molar-refractivity contribution is -0.132. The molecule has 5 nitrogen and oxygen atoms in total. The van der Waals surface area contributed by atoms with Crippen LogP contribution in [0, 0.1) is 11.8 Å². The number of methoxy groups -OCH3 is 1. The van der Waals surface area contributed by atoms with Crippen molar-refractivity contribution in [2.24, 2.45) is 11.8 Å². The fraction of sp³-hybridized carbons (Fsp3) is 0.579. The van der Waals surface area contributed by atoms with Gasteiger partial charge >= 0.3 is 0 Å². The molecule has 5 heteroatoms. The highest BCUT2D eigenvalue weighted by molar-refractivity contribution is 5.76. The smallest absolute Gasteiger partial charge is 0.220 e. The number of nitrogens with zero attached hydrogens (tertiary/aromatic N) is 1. The summed E-state index contributed by atoms with van der Waals surface area (Å²) >= 11 is 0. The maximum Gasteiger partial charge on any atom is 0.220 e. The van der Waals surface area contributed by atoms with Crippen LogP contribution in [0.4, 0.5) is 0 Å². The van der Waals surface area contributed by atoms with E-state index in [1.54, 1.807) is 14.0 Å². The number of rotatable bonds is 6. The number of hydrogen-bond acceptors (Lipinski definition) is 3. The molecule has 0 saturated carbocycles. The second-order valence-corrected chi connectivity index (χ2v) is 6.47. The van der Waals surface area contributed by atoms with Crippen LogP contribution >= 0.6 is 0 Å². The van der Waals surface area contributed by atoms with Gasteiger partial charge < -0.3 is 15.0 Å². The van der Waals surface area contributed by atoms with Gasteiger partial charge in [-0.25, -0.2) is 0 Å². The largest absolute Gasteiger partial charge is 0.496 e. The fourth-order valence-corrected chi connectivity index (χ4v) is 3.45. The first-order valence-corrected chi connectivity index (χ1v) is 8.69. The number of para-hydroxylation sites is 1.